The van der Waals surface area contributed by atoms with E-state index >= 15 is 37.5 Å². The summed E-state index contributed by atoms with van der Waals surface area (Å²) in [5.74, 6) is -29.4. The zero-order chi connectivity index (χ0) is 95.9. The number of carbonyl (C=O) groups excluding carboxylic acids is 15. The number of primary amides is 1. The first-order valence-corrected chi connectivity index (χ1v) is 43.8. The molecule has 3 saturated heterocycles. The summed E-state index contributed by atoms with van der Waals surface area (Å²) < 4.78 is 59.6. The Bertz CT molecular complexity index is 4710. The molecule has 0 bridgehead atoms. The van der Waals surface area contributed by atoms with Gasteiger partial charge in [0.1, 0.15) is 90.1 Å². The molecular formula is C87H114F4N16O22S. The molecule has 7 rings (SSSR count). The predicted molar refractivity (Wildman–Crippen MR) is 459 cm³/mol. The molecule has 4 aromatic rings. The first kappa shape index (κ1) is 104. The maximum absolute atomic E-state index is 15.6. The first-order valence-electron chi connectivity index (χ1n) is 42.6. The highest BCUT2D eigenvalue weighted by Crippen LogP contribution is 2.28. The van der Waals surface area contributed by atoms with Crippen LogP contribution in [-0.4, -0.2) is 289 Å². The van der Waals surface area contributed by atoms with Crippen molar-refractivity contribution in [2.45, 2.75) is 221 Å². The molecule has 0 aliphatic carbocycles. The molecule has 0 unspecified atom stereocenters. The third kappa shape index (κ3) is 30.7. The van der Waals surface area contributed by atoms with E-state index < -0.39 is 289 Å². The van der Waals surface area contributed by atoms with Gasteiger partial charge < -0.3 is 104 Å². The fraction of sp³-hybridized carbons (Fsp3) is 0.517. The number of piperidine rings is 1. The number of hydrogen-bond acceptors (Lipinski definition) is 21. The number of nitrogens with two attached hydrogens (primary N) is 2. The summed E-state index contributed by atoms with van der Waals surface area (Å²) in [6.07, 6.45) is -5.65. The van der Waals surface area contributed by atoms with E-state index in [1.807, 2.05) is 0 Å². The van der Waals surface area contributed by atoms with Gasteiger partial charge in [-0.3, -0.25) is 86.3 Å². The number of carbonyl (C=O) groups is 18. The molecule has 38 nitrogen and oxygen atoms in total. The minimum Gasteiger partial charge on any atom is -0.508 e. The number of hydrogen-bond donors (Lipinski definition) is 15. The summed E-state index contributed by atoms with van der Waals surface area (Å²) in [6, 6.07) is -3.58. The monoisotopic (exact) mass is 1840 g/mol. The Morgan fingerprint density at radius 3 is 1.59 bits per heavy atom. The third-order valence-corrected chi connectivity index (χ3v) is 23.6. The fourth-order valence-corrected chi connectivity index (χ4v) is 16.2. The number of aliphatic carboxylic acids is 3. The van der Waals surface area contributed by atoms with E-state index in [1.165, 1.54) is 64.3 Å². The van der Waals surface area contributed by atoms with Gasteiger partial charge >= 0.3 is 17.9 Å². The van der Waals surface area contributed by atoms with Crippen molar-refractivity contribution in [2.75, 3.05) is 58.8 Å². The number of phenols is 1. The second-order valence-corrected chi connectivity index (χ2v) is 33.6. The van der Waals surface area contributed by atoms with Gasteiger partial charge in [0, 0.05) is 78.5 Å². The number of aromatic hydroxyl groups is 1. The number of carboxylic acid groups (broad SMARTS) is 3. The molecule has 0 radical (unpaired) electrons. The van der Waals surface area contributed by atoms with Crippen LogP contribution in [0.25, 0.3) is 0 Å². The Hall–Kier alpha value is -12.8. The molecule has 3 aliphatic rings. The van der Waals surface area contributed by atoms with E-state index in [0.717, 1.165) is 43.7 Å². The van der Waals surface area contributed by atoms with Crippen LogP contribution in [0, 0.1) is 29.2 Å². The van der Waals surface area contributed by atoms with Crippen LogP contribution in [-0.2, 0) is 112 Å². The van der Waals surface area contributed by atoms with Gasteiger partial charge in [-0.05, 0) is 135 Å². The number of amides is 15. The van der Waals surface area contributed by atoms with Crippen molar-refractivity contribution < 1.29 is 124 Å². The van der Waals surface area contributed by atoms with Gasteiger partial charge in [-0.15, -0.1) is 11.8 Å². The topological polar surface area (TPSA) is 565 Å². The van der Waals surface area contributed by atoms with Crippen LogP contribution in [0.5, 0.6) is 5.75 Å². The number of carboxylic acids is 3. The number of rotatable bonds is 26. The summed E-state index contributed by atoms with van der Waals surface area (Å²) in [5.41, 5.74) is 11.7. The van der Waals surface area contributed by atoms with Gasteiger partial charge in [-0.1, -0.05) is 88.2 Å². The van der Waals surface area contributed by atoms with Gasteiger partial charge in [-0.2, -0.15) is 0 Å². The molecule has 17 N–H and O–H groups in total. The maximum Gasteiger partial charge on any atom is 0.305 e. The van der Waals surface area contributed by atoms with Gasteiger partial charge in [0.25, 0.3) is 0 Å². The zero-order valence-corrected chi connectivity index (χ0v) is 73.7. The molecule has 15 amide bonds. The van der Waals surface area contributed by atoms with Crippen molar-refractivity contribution in [3.63, 3.8) is 0 Å². The lowest BCUT2D eigenvalue weighted by atomic mass is 9.97. The molecule has 13 atom stereocenters. The predicted octanol–water partition coefficient (Wildman–Crippen LogP) is 0.0884. The van der Waals surface area contributed by atoms with Crippen LogP contribution in [0.3, 0.4) is 0 Å². The van der Waals surface area contributed by atoms with Gasteiger partial charge in [0.15, 0.2) is 17.5 Å². The van der Waals surface area contributed by atoms with E-state index in [9.17, 15) is 86.7 Å². The SMILES string of the molecule is CCCC[C@H]1C(=O)N2CCC[C@@H]2C(=O)N[C@@H](CC(=O)O)C(=O)N[C@@H](C(C)C)C(=O)N(C)[C@@H](Cc2ccccc2)C(=O)N[C@@H](CCC(=O)O)C(=O)N2CCCC[C@@H]2C(=O)N[C@H](CCC(=O)O)C(=O)N[C@@H](Cc2ccc(O)cc2)C(=O)N[C@@H](CCCN)C(=O)N[C@H](C(=O)NCC(N)=O)CSCC(=O)N[C@@H](Cc2cc(F)c(F)c(F)c2)C(=O)N(C)[C@@H](Cc2ccc(F)cc2)C(=O)N1C. The highest BCUT2D eigenvalue weighted by Gasteiger charge is 2.46. The summed E-state index contributed by atoms with van der Waals surface area (Å²) in [5, 5.41) is 62.9. The smallest absolute Gasteiger partial charge is 0.305 e. The van der Waals surface area contributed by atoms with E-state index in [-0.39, 0.29) is 101 Å². The van der Waals surface area contributed by atoms with Crippen LogP contribution >= 0.6 is 11.8 Å². The molecule has 130 heavy (non-hydrogen) atoms. The molecular weight excluding hydrogens is 1730 g/mol. The molecule has 4 aromatic carbocycles. The Labute approximate surface area is 751 Å². The van der Waals surface area contributed by atoms with Crippen LogP contribution in [0.4, 0.5) is 17.6 Å². The largest absolute Gasteiger partial charge is 0.508 e. The first-order chi connectivity index (χ1) is 61.6. The summed E-state index contributed by atoms with van der Waals surface area (Å²) in [4.78, 5) is 264. The number of nitrogens with zero attached hydrogens (tertiary/aromatic N) is 5. The molecule has 3 heterocycles. The summed E-state index contributed by atoms with van der Waals surface area (Å²) >= 11 is 0.592. The number of likely N-dealkylation sites (N-methyl/N-ethyl adjacent to an activating group) is 3. The van der Waals surface area contributed by atoms with E-state index in [0.29, 0.717) is 35.9 Å². The Morgan fingerprint density at radius 2 is 0.992 bits per heavy atom. The summed E-state index contributed by atoms with van der Waals surface area (Å²) in [7, 11) is 3.49. The van der Waals surface area contributed by atoms with Crippen molar-refractivity contribution in [2.24, 2.45) is 17.4 Å². The van der Waals surface area contributed by atoms with Crippen molar-refractivity contribution in [3.05, 3.63) is 137 Å². The minimum atomic E-state index is -2.01. The fourth-order valence-electron chi connectivity index (χ4n) is 15.3. The normalized spacial score (nSPS) is 23.8. The maximum atomic E-state index is 15.6. The lowest BCUT2D eigenvalue weighted by molar-refractivity contribution is -0.152. The minimum absolute atomic E-state index is 0.0325. The van der Waals surface area contributed by atoms with Gasteiger partial charge in [-0.25, -0.2) is 17.6 Å². The molecule has 708 valence electrons. The quantitative estimate of drug-likeness (QED) is 0.0293. The number of phenolic OH excluding ortho intramolecular Hbond substituents is 1. The van der Waals surface area contributed by atoms with Gasteiger partial charge in [0.05, 0.1) is 18.7 Å². The molecule has 3 fully saturated rings. The third-order valence-electron chi connectivity index (χ3n) is 22.5. The number of fused-ring (bicyclic) bond motifs is 2. The number of thioether (sulfide) groups is 1. The van der Waals surface area contributed by atoms with Crippen molar-refractivity contribution in [1.29, 1.82) is 0 Å². The second-order valence-electron chi connectivity index (χ2n) is 32.5. The molecule has 0 saturated carbocycles. The number of benzene rings is 4. The molecule has 43 heteroatoms. The van der Waals surface area contributed by atoms with E-state index in [1.54, 1.807) is 37.3 Å². The standard InChI is InChI=1S/C87H114F4N16O22S/c1-7-8-19-65-86(128)107-36-15-21-64(107)81(123)100-60(43-72(115)116)79(121)102-74(47(2)3)87(129)104(5)66(41-48-16-10-9-11-17-48)82(124)98-58(31-33-71(113)114)84(126)106-35-13-12-20-63(106)80(122)97-57(30-32-70(111)112)77(119)99-59(39-49-24-28-53(108)29-25-49)78(120)96-56(18-14-34-92)76(118)101-62(75(117)94-44-68(93)109)45-130-46-69(110)95-61(40-51-37-54(89)73(91)55(90)38-51)83(125)105(6)67(85(127)103(65)4)42-50-22-26-52(88)27-23-50/h9-11,16-17,22-29,37-38,47,56-67,74,108H,7-8,12-15,18-21,30-36,39-46,92H2,1-6H3,(H2,93,109)(H,94,117)(H,95,110)(H,96,120)(H,97,122)(H,98,124)(H,99,119)(H,100,123)(H,101,118)(H,102,121)(H,111,112)(H,113,114)(H,115,116)/t56-,57+,58-,59-,60-,61-,62-,63+,64+,65-,66-,67-,74-/m0/s1. The van der Waals surface area contributed by atoms with Crippen molar-refractivity contribution in [1.82, 2.24) is 72.4 Å². The lowest BCUT2D eigenvalue weighted by Gasteiger charge is -2.38. The summed E-state index contributed by atoms with van der Waals surface area (Å²) in [6.45, 7) is 3.40. The van der Waals surface area contributed by atoms with E-state index in [4.69, 9.17) is 11.5 Å². The average Bonchev–Trinajstić information content (AvgIpc) is 1.34. The number of unbranched alkanes of at least 4 members (excludes halogenated alkanes) is 1. The number of nitrogens with one attached hydrogen (secondary N) is 9. The number of halogens is 4. The van der Waals surface area contributed by atoms with Crippen LogP contribution < -0.4 is 59.3 Å². The molecule has 0 aromatic heterocycles. The molecule has 3 aliphatic heterocycles. The highest BCUT2D eigenvalue weighted by molar-refractivity contribution is 8.00. The van der Waals surface area contributed by atoms with Crippen molar-refractivity contribution >= 4 is 118 Å². The zero-order valence-electron chi connectivity index (χ0n) is 72.9. The Morgan fingerprint density at radius 1 is 0.492 bits per heavy atom. The van der Waals surface area contributed by atoms with E-state index in [2.05, 4.69) is 47.9 Å². The highest BCUT2D eigenvalue weighted by atomic mass is 32.2. The van der Waals surface area contributed by atoms with Crippen LogP contribution in [0.15, 0.2) is 91.0 Å². The Kier molecular flexibility index (Phi) is 40.3. The molecule has 0 spiro atoms. The second kappa shape index (κ2) is 50.2. The Balaban J connectivity index is 1.36. The van der Waals surface area contributed by atoms with Crippen LogP contribution in [0.1, 0.15) is 139 Å². The van der Waals surface area contributed by atoms with Gasteiger partial charge in [0.2, 0.25) is 88.6 Å². The lowest BCUT2D eigenvalue weighted by Crippen LogP contribution is -2.62. The van der Waals surface area contributed by atoms with Crippen LogP contribution in [0.2, 0.25) is 0 Å². The average molecular weight is 1840 g/mol. The van der Waals surface area contributed by atoms with Crippen molar-refractivity contribution in [3.8, 4) is 5.75 Å².